The topological polar surface area (TPSA) is 92.3 Å². The Balaban J connectivity index is 1.68. The summed E-state index contributed by atoms with van der Waals surface area (Å²) in [6, 6.07) is 6.30. The molecule has 1 aromatic carbocycles. The van der Waals surface area contributed by atoms with Crippen LogP contribution in [0.3, 0.4) is 0 Å². The lowest BCUT2D eigenvalue weighted by molar-refractivity contribution is 0.101. The maximum absolute atomic E-state index is 12.9. The van der Waals surface area contributed by atoms with Gasteiger partial charge < -0.3 is 5.32 Å². The van der Waals surface area contributed by atoms with Crippen LogP contribution in [-0.2, 0) is 10.0 Å². The molecule has 3 rings (SSSR count). The molecule has 1 aliphatic heterocycles. The zero-order valence-corrected chi connectivity index (χ0v) is 18.2. The molecule has 1 fully saturated rings. The van der Waals surface area contributed by atoms with E-state index in [9.17, 15) is 13.2 Å². The zero-order chi connectivity index (χ0) is 20.0. The van der Waals surface area contributed by atoms with Gasteiger partial charge in [-0.1, -0.05) is 43.7 Å². The van der Waals surface area contributed by atoms with Gasteiger partial charge in [0.05, 0.1) is 11.4 Å². The number of nitrogens with zero attached hydrogens (tertiary/aromatic N) is 3. The second-order valence-electron chi connectivity index (χ2n) is 6.44. The van der Waals surface area contributed by atoms with Gasteiger partial charge in [0.2, 0.25) is 20.3 Å². The summed E-state index contributed by atoms with van der Waals surface area (Å²) in [5.74, 6) is 0.695. The fourth-order valence-electron chi connectivity index (χ4n) is 2.99. The van der Waals surface area contributed by atoms with E-state index in [1.807, 2.05) is 6.92 Å². The number of benzene rings is 1. The lowest BCUT2D eigenvalue weighted by atomic mass is 10.1. The SMILES string of the molecule is CCSc1nsc(NCC(=O)c2cccc(S(=O)(=O)N3CCCCCC3)c2)n1. The van der Waals surface area contributed by atoms with Crippen LogP contribution in [0.2, 0.25) is 0 Å². The van der Waals surface area contributed by atoms with E-state index in [-0.39, 0.29) is 17.2 Å². The molecule has 0 radical (unpaired) electrons. The molecule has 2 heterocycles. The van der Waals surface area contributed by atoms with Crippen LogP contribution in [0.1, 0.15) is 43.0 Å². The third-order valence-corrected chi connectivity index (χ3v) is 7.85. The minimum atomic E-state index is -3.57. The Morgan fingerprint density at radius 1 is 1.25 bits per heavy atom. The fourth-order valence-corrected chi connectivity index (χ4v) is 5.82. The van der Waals surface area contributed by atoms with Crippen molar-refractivity contribution in [1.82, 2.24) is 13.7 Å². The second kappa shape index (κ2) is 9.82. The van der Waals surface area contributed by atoms with Gasteiger partial charge in [-0.3, -0.25) is 4.79 Å². The van der Waals surface area contributed by atoms with Crippen LogP contribution in [0.25, 0.3) is 0 Å². The highest BCUT2D eigenvalue weighted by Gasteiger charge is 2.25. The average Bonchev–Trinajstić information content (AvgIpc) is 2.96. The third-order valence-electron chi connectivity index (χ3n) is 4.44. The molecule has 28 heavy (non-hydrogen) atoms. The van der Waals surface area contributed by atoms with Crippen molar-refractivity contribution in [3.63, 3.8) is 0 Å². The molecule has 0 aliphatic carbocycles. The minimum absolute atomic E-state index is 0.0403. The van der Waals surface area contributed by atoms with Crippen molar-refractivity contribution >= 4 is 44.2 Å². The highest BCUT2D eigenvalue weighted by Crippen LogP contribution is 2.22. The largest absolute Gasteiger partial charge is 0.353 e. The maximum Gasteiger partial charge on any atom is 0.243 e. The number of sulfonamides is 1. The first-order chi connectivity index (χ1) is 13.5. The predicted octanol–water partition coefficient (Wildman–Crippen LogP) is 3.51. The number of hydrogen-bond donors (Lipinski definition) is 1. The smallest absolute Gasteiger partial charge is 0.243 e. The number of ketones is 1. The standard InChI is InChI=1S/C18H24N4O3S3/c1-2-26-18-20-17(27-21-18)19-13-16(23)14-8-7-9-15(12-14)28(24,25)22-10-5-3-4-6-11-22/h7-9,12H,2-6,10-11,13H2,1H3,(H,19,20,21). The van der Waals surface area contributed by atoms with E-state index >= 15 is 0 Å². The summed E-state index contributed by atoms with van der Waals surface area (Å²) >= 11 is 2.75. The van der Waals surface area contributed by atoms with Crippen molar-refractivity contribution in [3.05, 3.63) is 29.8 Å². The second-order valence-corrected chi connectivity index (χ2v) is 10.4. The van der Waals surface area contributed by atoms with Gasteiger partial charge in [0.1, 0.15) is 0 Å². The van der Waals surface area contributed by atoms with E-state index in [0.717, 1.165) is 31.4 Å². The van der Waals surface area contributed by atoms with Gasteiger partial charge in [-0.15, -0.1) is 0 Å². The van der Waals surface area contributed by atoms with Gasteiger partial charge in [-0.05, 0) is 30.7 Å². The number of rotatable bonds is 8. The quantitative estimate of drug-likeness (QED) is 0.496. The van der Waals surface area contributed by atoms with Crippen molar-refractivity contribution in [1.29, 1.82) is 0 Å². The summed E-state index contributed by atoms with van der Waals surface area (Å²) in [6.45, 7) is 3.14. The Kier molecular flexibility index (Phi) is 7.44. The van der Waals surface area contributed by atoms with Crippen molar-refractivity contribution < 1.29 is 13.2 Å². The number of aromatic nitrogens is 2. The fraction of sp³-hybridized carbons (Fsp3) is 0.500. The molecule has 0 atom stereocenters. The Labute approximate surface area is 174 Å². The van der Waals surface area contributed by atoms with E-state index in [1.54, 1.807) is 18.2 Å². The van der Waals surface area contributed by atoms with E-state index < -0.39 is 10.0 Å². The Bertz CT molecular complexity index is 906. The van der Waals surface area contributed by atoms with Gasteiger partial charge in [-0.2, -0.15) is 13.7 Å². The minimum Gasteiger partial charge on any atom is -0.353 e. The van der Waals surface area contributed by atoms with E-state index in [1.165, 1.54) is 33.7 Å². The van der Waals surface area contributed by atoms with Gasteiger partial charge in [0.15, 0.2) is 5.78 Å². The highest BCUT2D eigenvalue weighted by molar-refractivity contribution is 7.99. The van der Waals surface area contributed by atoms with Crippen LogP contribution < -0.4 is 5.32 Å². The first-order valence-electron chi connectivity index (χ1n) is 9.34. The number of carbonyl (C=O) groups excluding carboxylic acids is 1. The van der Waals surface area contributed by atoms with Crippen molar-refractivity contribution in [2.75, 3.05) is 30.7 Å². The Morgan fingerprint density at radius 3 is 2.71 bits per heavy atom. The number of anilines is 1. The number of hydrogen-bond acceptors (Lipinski definition) is 8. The summed E-state index contributed by atoms with van der Waals surface area (Å²) in [7, 11) is -3.57. The molecule has 1 saturated heterocycles. The van der Waals surface area contributed by atoms with Crippen LogP contribution in [0.15, 0.2) is 34.3 Å². The molecule has 0 amide bonds. The molecule has 1 aromatic heterocycles. The lowest BCUT2D eigenvalue weighted by Gasteiger charge is -2.20. The van der Waals surface area contributed by atoms with Gasteiger partial charge in [0.25, 0.3) is 0 Å². The van der Waals surface area contributed by atoms with Crippen molar-refractivity contribution in [2.24, 2.45) is 0 Å². The summed E-state index contributed by atoms with van der Waals surface area (Å²) in [6.07, 6.45) is 3.87. The van der Waals surface area contributed by atoms with Crippen molar-refractivity contribution in [2.45, 2.75) is 42.7 Å². The maximum atomic E-state index is 12.9. The summed E-state index contributed by atoms with van der Waals surface area (Å²) in [5.41, 5.74) is 0.371. The Hall–Kier alpha value is -1.49. The van der Waals surface area contributed by atoms with E-state index in [2.05, 4.69) is 14.7 Å². The monoisotopic (exact) mass is 440 g/mol. The Morgan fingerprint density at radius 2 is 2.00 bits per heavy atom. The molecule has 1 aliphatic rings. The number of Topliss-reactive ketones (excluding diaryl/α,β-unsaturated/α-hetero) is 1. The normalized spacial score (nSPS) is 15.9. The molecule has 152 valence electrons. The van der Waals surface area contributed by atoms with Crippen molar-refractivity contribution in [3.8, 4) is 0 Å². The molecule has 0 spiro atoms. The third kappa shape index (κ3) is 5.31. The van der Waals surface area contributed by atoms with E-state index in [4.69, 9.17) is 0 Å². The molecule has 2 aromatic rings. The van der Waals surface area contributed by atoms with Gasteiger partial charge >= 0.3 is 0 Å². The van der Waals surface area contributed by atoms with Crippen LogP contribution in [0, 0.1) is 0 Å². The summed E-state index contributed by atoms with van der Waals surface area (Å²) in [4.78, 5) is 17.0. The van der Waals surface area contributed by atoms with Crippen LogP contribution in [0.5, 0.6) is 0 Å². The number of nitrogens with one attached hydrogen (secondary N) is 1. The van der Waals surface area contributed by atoms with Crippen LogP contribution in [0.4, 0.5) is 5.13 Å². The van der Waals surface area contributed by atoms with E-state index in [0.29, 0.717) is 28.9 Å². The molecular weight excluding hydrogens is 416 g/mol. The molecule has 7 nitrogen and oxygen atoms in total. The molecular formula is C18H24N4O3S3. The van der Waals surface area contributed by atoms with Crippen LogP contribution >= 0.6 is 23.3 Å². The summed E-state index contributed by atoms with van der Waals surface area (Å²) in [5, 5.41) is 4.24. The number of carbonyl (C=O) groups is 1. The van der Waals surface area contributed by atoms with Crippen LogP contribution in [-0.4, -0.2) is 53.3 Å². The number of thioether (sulfide) groups is 1. The molecule has 1 N–H and O–H groups in total. The first kappa shape index (κ1) is 21.2. The molecule has 0 saturated carbocycles. The average molecular weight is 441 g/mol. The molecule has 10 heteroatoms. The molecule has 0 unspecified atom stereocenters. The molecule has 0 bridgehead atoms. The first-order valence-corrected chi connectivity index (χ1v) is 12.5. The predicted molar refractivity (Wildman–Crippen MR) is 113 cm³/mol. The lowest BCUT2D eigenvalue weighted by Crippen LogP contribution is -2.32. The zero-order valence-electron chi connectivity index (χ0n) is 15.8. The summed E-state index contributed by atoms with van der Waals surface area (Å²) < 4.78 is 31.6. The van der Waals surface area contributed by atoms with Gasteiger partial charge in [-0.25, -0.2) is 8.42 Å². The van der Waals surface area contributed by atoms with Gasteiger partial charge in [0, 0.05) is 30.2 Å². The highest BCUT2D eigenvalue weighted by atomic mass is 32.2.